The topological polar surface area (TPSA) is 24.5 Å². The van der Waals surface area contributed by atoms with Gasteiger partial charge in [0.1, 0.15) is 5.75 Å². The highest BCUT2D eigenvalue weighted by Gasteiger charge is 2.22. The molecule has 1 aliphatic heterocycles. The van der Waals surface area contributed by atoms with E-state index in [2.05, 4.69) is 61.1 Å². The maximum absolute atomic E-state index is 5.82. The van der Waals surface area contributed by atoms with Crippen molar-refractivity contribution in [2.45, 2.75) is 52.3 Å². The molecule has 0 aromatic heterocycles. The molecule has 0 radical (unpaired) electrons. The predicted molar refractivity (Wildman–Crippen MR) is 99.6 cm³/mol. The fraction of sp³-hybridized carbons (Fsp3) is 0.647. The third kappa shape index (κ3) is 4.95. The van der Waals surface area contributed by atoms with Crippen molar-refractivity contribution < 1.29 is 4.74 Å². The molecular formula is C17H26Br2N2O. The van der Waals surface area contributed by atoms with E-state index in [1.165, 1.54) is 24.9 Å². The summed E-state index contributed by atoms with van der Waals surface area (Å²) in [5.74, 6) is 0.881. The second-order valence-electron chi connectivity index (χ2n) is 6.11. The monoisotopic (exact) mass is 432 g/mol. The highest BCUT2D eigenvalue weighted by atomic mass is 79.9. The molecule has 1 aliphatic rings. The van der Waals surface area contributed by atoms with E-state index in [-0.39, 0.29) is 6.10 Å². The molecule has 0 amide bonds. The van der Waals surface area contributed by atoms with Crippen LogP contribution in [0.1, 0.15) is 39.2 Å². The number of hydrogen-bond acceptors (Lipinski definition) is 3. The summed E-state index contributed by atoms with van der Waals surface area (Å²) >= 11 is 7.23. The minimum atomic E-state index is 0.166. The van der Waals surface area contributed by atoms with Crippen molar-refractivity contribution in [3.63, 3.8) is 0 Å². The number of rotatable bonds is 7. The Balaban J connectivity index is 1.90. The number of benzene rings is 1. The average Bonchev–Trinajstić information content (AvgIpc) is 2.90. The molecule has 22 heavy (non-hydrogen) atoms. The van der Waals surface area contributed by atoms with Gasteiger partial charge in [-0.25, -0.2) is 0 Å². The molecule has 1 atom stereocenters. The van der Waals surface area contributed by atoms with Crippen molar-refractivity contribution in [1.29, 1.82) is 0 Å². The Bertz CT molecular complexity index is 471. The quantitative estimate of drug-likeness (QED) is 0.681. The molecular weight excluding hydrogens is 408 g/mol. The number of likely N-dealkylation sites (tertiary alicyclic amines) is 1. The van der Waals surface area contributed by atoms with Crippen LogP contribution in [0.4, 0.5) is 0 Å². The zero-order valence-corrected chi connectivity index (χ0v) is 16.8. The van der Waals surface area contributed by atoms with Gasteiger partial charge in [0.15, 0.2) is 0 Å². The Morgan fingerprint density at radius 2 is 2.00 bits per heavy atom. The highest BCUT2D eigenvalue weighted by molar-refractivity contribution is 9.11. The van der Waals surface area contributed by atoms with Crippen LogP contribution in [-0.4, -0.2) is 36.7 Å². The van der Waals surface area contributed by atoms with Crippen molar-refractivity contribution in [3.8, 4) is 5.75 Å². The Labute approximate surface area is 151 Å². The molecule has 3 nitrogen and oxygen atoms in total. The molecule has 1 aromatic rings. The minimum absolute atomic E-state index is 0.166. The molecule has 1 fully saturated rings. The van der Waals surface area contributed by atoms with Crippen molar-refractivity contribution in [2.75, 3.05) is 19.6 Å². The highest BCUT2D eigenvalue weighted by Crippen LogP contribution is 2.35. The lowest BCUT2D eigenvalue weighted by atomic mass is 10.2. The SMILES string of the molecule is CCN1CCC[C@@H]1CNCc1cc(Br)c(OC(C)C)c(Br)c1. The Hall–Kier alpha value is -0.100. The van der Waals surface area contributed by atoms with Gasteiger partial charge in [-0.3, -0.25) is 4.90 Å². The van der Waals surface area contributed by atoms with Gasteiger partial charge in [0.25, 0.3) is 0 Å². The van der Waals surface area contributed by atoms with Crippen LogP contribution in [0, 0.1) is 0 Å². The second kappa shape index (κ2) is 8.67. The van der Waals surface area contributed by atoms with E-state index in [0.29, 0.717) is 6.04 Å². The summed E-state index contributed by atoms with van der Waals surface area (Å²) in [4.78, 5) is 2.57. The maximum Gasteiger partial charge on any atom is 0.148 e. The first kappa shape index (κ1) is 18.2. The van der Waals surface area contributed by atoms with Crippen LogP contribution < -0.4 is 10.1 Å². The van der Waals surface area contributed by atoms with Crippen LogP contribution in [0.3, 0.4) is 0 Å². The lowest BCUT2D eigenvalue weighted by molar-refractivity contribution is 0.239. The molecule has 0 aliphatic carbocycles. The summed E-state index contributed by atoms with van der Waals surface area (Å²) in [7, 11) is 0. The molecule has 1 N–H and O–H groups in total. The molecule has 5 heteroatoms. The van der Waals surface area contributed by atoms with Crippen molar-refractivity contribution in [2.24, 2.45) is 0 Å². The van der Waals surface area contributed by atoms with Crippen LogP contribution in [0.5, 0.6) is 5.75 Å². The minimum Gasteiger partial charge on any atom is -0.489 e. The summed E-state index contributed by atoms with van der Waals surface area (Å²) in [5, 5.41) is 3.60. The Kier molecular flexibility index (Phi) is 7.19. The van der Waals surface area contributed by atoms with Crippen molar-refractivity contribution >= 4 is 31.9 Å². The van der Waals surface area contributed by atoms with E-state index in [1.807, 2.05) is 13.8 Å². The van der Waals surface area contributed by atoms with Gasteiger partial charge in [0, 0.05) is 19.1 Å². The summed E-state index contributed by atoms with van der Waals surface area (Å²) in [5.41, 5.74) is 1.26. The van der Waals surface area contributed by atoms with Gasteiger partial charge in [0.2, 0.25) is 0 Å². The number of halogens is 2. The number of ether oxygens (including phenoxy) is 1. The molecule has 1 aromatic carbocycles. The largest absolute Gasteiger partial charge is 0.489 e. The molecule has 124 valence electrons. The summed E-state index contributed by atoms with van der Waals surface area (Å²) in [6.07, 6.45) is 2.81. The smallest absolute Gasteiger partial charge is 0.148 e. The van der Waals surface area contributed by atoms with E-state index in [4.69, 9.17) is 4.74 Å². The van der Waals surface area contributed by atoms with Crippen LogP contribution in [0.15, 0.2) is 21.1 Å². The number of likely N-dealkylation sites (N-methyl/N-ethyl adjacent to an activating group) is 1. The van der Waals surface area contributed by atoms with Gasteiger partial charge in [-0.15, -0.1) is 0 Å². The van der Waals surface area contributed by atoms with Gasteiger partial charge >= 0.3 is 0 Å². The molecule has 0 bridgehead atoms. The number of nitrogens with one attached hydrogen (secondary N) is 1. The van der Waals surface area contributed by atoms with Crippen LogP contribution >= 0.6 is 31.9 Å². The number of nitrogens with zero attached hydrogens (tertiary/aromatic N) is 1. The lowest BCUT2D eigenvalue weighted by Gasteiger charge is -2.23. The van der Waals surface area contributed by atoms with Crippen LogP contribution in [0.2, 0.25) is 0 Å². The zero-order valence-electron chi connectivity index (χ0n) is 13.7. The van der Waals surface area contributed by atoms with Gasteiger partial charge in [0.05, 0.1) is 15.0 Å². The first-order chi connectivity index (χ1) is 10.5. The van der Waals surface area contributed by atoms with E-state index < -0.39 is 0 Å². The fourth-order valence-electron chi connectivity index (χ4n) is 2.99. The van der Waals surface area contributed by atoms with Gasteiger partial charge in [-0.2, -0.15) is 0 Å². The molecule has 1 heterocycles. The standard InChI is InChI=1S/C17H26Br2N2O/c1-4-21-7-5-6-14(21)11-20-10-13-8-15(18)17(16(19)9-13)22-12(2)3/h8-9,12,14,20H,4-7,10-11H2,1-3H3/t14-/m1/s1. The summed E-state index contributed by atoms with van der Waals surface area (Å²) in [6, 6.07) is 4.98. The summed E-state index contributed by atoms with van der Waals surface area (Å²) < 4.78 is 7.83. The first-order valence-electron chi connectivity index (χ1n) is 8.10. The Morgan fingerprint density at radius 3 is 2.59 bits per heavy atom. The van der Waals surface area contributed by atoms with Crippen LogP contribution in [-0.2, 0) is 6.54 Å². The molecule has 1 saturated heterocycles. The van der Waals surface area contributed by atoms with E-state index in [1.54, 1.807) is 0 Å². The maximum atomic E-state index is 5.82. The van der Waals surface area contributed by atoms with Crippen molar-refractivity contribution in [1.82, 2.24) is 10.2 Å². The molecule has 0 saturated carbocycles. The van der Waals surface area contributed by atoms with Gasteiger partial charge in [-0.05, 0) is 89.3 Å². The zero-order chi connectivity index (χ0) is 16.1. The van der Waals surface area contributed by atoms with Gasteiger partial charge < -0.3 is 10.1 Å². The third-order valence-electron chi connectivity index (χ3n) is 4.03. The van der Waals surface area contributed by atoms with E-state index >= 15 is 0 Å². The average molecular weight is 434 g/mol. The van der Waals surface area contributed by atoms with E-state index in [9.17, 15) is 0 Å². The fourth-order valence-corrected chi connectivity index (χ4v) is 4.46. The molecule has 0 spiro atoms. The molecule has 2 rings (SSSR count). The summed E-state index contributed by atoms with van der Waals surface area (Å²) in [6.45, 7) is 10.7. The third-order valence-corrected chi connectivity index (χ3v) is 5.20. The van der Waals surface area contributed by atoms with E-state index in [0.717, 1.165) is 34.3 Å². The normalized spacial score (nSPS) is 19.1. The molecule has 0 unspecified atom stereocenters. The number of hydrogen-bond donors (Lipinski definition) is 1. The second-order valence-corrected chi connectivity index (χ2v) is 7.82. The van der Waals surface area contributed by atoms with Gasteiger partial charge in [-0.1, -0.05) is 6.92 Å². The Morgan fingerprint density at radius 1 is 1.32 bits per heavy atom. The predicted octanol–water partition coefficient (Wildman–Crippen LogP) is 4.57. The lowest BCUT2D eigenvalue weighted by Crippen LogP contribution is -2.37. The van der Waals surface area contributed by atoms with Crippen LogP contribution in [0.25, 0.3) is 0 Å². The van der Waals surface area contributed by atoms with Crippen molar-refractivity contribution in [3.05, 3.63) is 26.6 Å². The first-order valence-corrected chi connectivity index (χ1v) is 9.69.